The molecular weight excluding hydrogens is 158 g/mol. The number of carbonyl (C=O) groups is 1. The highest BCUT2D eigenvalue weighted by molar-refractivity contribution is 5.78. The van der Waals surface area contributed by atoms with Gasteiger partial charge in [-0.2, -0.15) is 5.10 Å². The average Bonchev–Trinajstić information content (AvgIpc) is 2.36. The fourth-order valence-electron chi connectivity index (χ4n) is 0.760. The van der Waals surface area contributed by atoms with Crippen LogP contribution in [0.4, 0.5) is 4.79 Å². The van der Waals surface area contributed by atoms with Crippen molar-refractivity contribution in [2.45, 2.75) is 0 Å². The first kappa shape index (κ1) is 8.32. The number of carboxylic acid groups (broad SMARTS) is 1. The molecule has 0 bridgehead atoms. The van der Waals surface area contributed by atoms with Crippen molar-refractivity contribution >= 4 is 12.3 Å². The highest BCUT2D eigenvalue weighted by atomic mass is 16.4. The number of hydrazone groups is 1. The summed E-state index contributed by atoms with van der Waals surface area (Å²) in [6.45, 7) is 0. The van der Waals surface area contributed by atoms with Gasteiger partial charge in [0.05, 0.1) is 11.9 Å². The normalized spacial score (nSPS) is 10.4. The van der Waals surface area contributed by atoms with E-state index in [-0.39, 0.29) is 0 Å². The van der Waals surface area contributed by atoms with Gasteiger partial charge in [0.2, 0.25) is 0 Å². The Morgan fingerprint density at radius 1 is 1.83 bits per heavy atom. The van der Waals surface area contributed by atoms with Crippen LogP contribution in [0, 0.1) is 0 Å². The fraction of sp³-hybridized carbons (Fsp3) is 0.143. The monoisotopic (exact) mass is 166 g/mol. The molecule has 12 heavy (non-hydrogen) atoms. The van der Waals surface area contributed by atoms with Gasteiger partial charge in [-0.3, -0.25) is 5.43 Å². The molecule has 0 radical (unpaired) electrons. The van der Waals surface area contributed by atoms with Gasteiger partial charge >= 0.3 is 0 Å². The van der Waals surface area contributed by atoms with Crippen molar-refractivity contribution in [2.75, 3.05) is 0 Å². The number of nitrogens with one attached hydrogen (secondary N) is 1. The van der Waals surface area contributed by atoms with Crippen molar-refractivity contribution in [3.8, 4) is 0 Å². The molecule has 1 heterocycles. The molecule has 0 spiro atoms. The largest absolute Gasteiger partial charge is 0.529 e. The van der Waals surface area contributed by atoms with Crippen LogP contribution in [0.15, 0.2) is 23.4 Å². The van der Waals surface area contributed by atoms with E-state index in [2.05, 4.69) is 5.10 Å². The Balaban J connectivity index is 2.57. The SMILES string of the molecule is Cn1cccc1/C=N/NC(=O)[O-]. The standard InChI is InChI=1S/C7H9N3O2/c1-10-4-2-3-6(10)5-8-9-7(11)12/h2-5,9H,1H3,(H,11,12)/p-1/b8-5+. The second-order valence-corrected chi connectivity index (χ2v) is 2.20. The third kappa shape index (κ3) is 2.12. The predicted octanol–water partition coefficient (Wildman–Crippen LogP) is -0.708. The lowest BCUT2D eigenvalue weighted by Crippen LogP contribution is -2.32. The molecule has 0 atom stereocenters. The van der Waals surface area contributed by atoms with Crippen LogP contribution < -0.4 is 10.5 Å². The molecule has 1 rings (SSSR count). The zero-order valence-corrected chi connectivity index (χ0v) is 6.52. The summed E-state index contributed by atoms with van der Waals surface area (Å²) in [7, 11) is 1.83. The molecule has 1 amide bonds. The Morgan fingerprint density at radius 3 is 3.08 bits per heavy atom. The Hall–Kier alpha value is -1.78. The van der Waals surface area contributed by atoms with Gasteiger partial charge in [0.25, 0.3) is 0 Å². The van der Waals surface area contributed by atoms with E-state index in [1.54, 1.807) is 16.1 Å². The van der Waals surface area contributed by atoms with Crippen molar-refractivity contribution in [3.05, 3.63) is 24.0 Å². The highest BCUT2D eigenvalue weighted by Crippen LogP contribution is 1.94. The van der Waals surface area contributed by atoms with Gasteiger partial charge in [-0.15, -0.1) is 0 Å². The van der Waals surface area contributed by atoms with Crippen LogP contribution in [-0.4, -0.2) is 16.9 Å². The molecule has 64 valence electrons. The predicted molar refractivity (Wildman–Crippen MR) is 41.5 cm³/mol. The smallest absolute Gasteiger partial charge is 0.155 e. The zero-order valence-electron chi connectivity index (χ0n) is 6.52. The molecule has 1 aromatic heterocycles. The molecule has 0 fully saturated rings. The number of hydrogen-bond donors (Lipinski definition) is 1. The number of hydrogen-bond acceptors (Lipinski definition) is 3. The van der Waals surface area contributed by atoms with Gasteiger partial charge in [-0.25, -0.2) is 0 Å². The maximum absolute atomic E-state index is 9.87. The topological polar surface area (TPSA) is 69.5 Å². The zero-order chi connectivity index (χ0) is 8.97. The molecule has 5 nitrogen and oxygen atoms in total. The quantitative estimate of drug-likeness (QED) is 0.466. The summed E-state index contributed by atoms with van der Waals surface area (Å²) >= 11 is 0. The lowest BCUT2D eigenvalue weighted by molar-refractivity contribution is -0.250. The average molecular weight is 166 g/mol. The summed E-state index contributed by atoms with van der Waals surface area (Å²) in [5.74, 6) is 0. The molecule has 0 aliphatic rings. The van der Waals surface area contributed by atoms with Gasteiger partial charge in [-0.1, -0.05) is 0 Å². The minimum absolute atomic E-state index is 0.809. The lowest BCUT2D eigenvalue weighted by atomic mass is 10.5. The second-order valence-electron chi connectivity index (χ2n) is 2.20. The molecule has 1 N–H and O–H groups in total. The third-order valence-corrected chi connectivity index (χ3v) is 1.34. The molecule has 0 unspecified atom stereocenters. The van der Waals surface area contributed by atoms with Crippen molar-refractivity contribution in [2.24, 2.45) is 12.1 Å². The van der Waals surface area contributed by atoms with E-state index in [9.17, 15) is 9.90 Å². The summed E-state index contributed by atoms with van der Waals surface area (Å²) in [6.07, 6.45) is 1.82. The molecule has 5 heteroatoms. The first-order chi connectivity index (χ1) is 5.70. The minimum atomic E-state index is -1.42. The molecule has 1 aromatic rings. The Labute approximate surface area is 69.3 Å². The number of carbonyl (C=O) groups excluding carboxylic acids is 1. The molecule has 0 aliphatic carbocycles. The maximum atomic E-state index is 9.87. The minimum Gasteiger partial charge on any atom is -0.529 e. The second kappa shape index (κ2) is 3.56. The molecule has 0 saturated heterocycles. The van der Waals surface area contributed by atoms with Crippen molar-refractivity contribution in [3.63, 3.8) is 0 Å². The van der Waals surface area contributed by atoms with E-state index in [1.165, 1.54) is 6.21 Å². The van der Waals surface area contributed by atoms with E-state index < -0.39 is 6.09 Å². The van der Waals surface area contributed by atoms with Crippen LogP contribution in [0.3, 0.4) is 0 Å². The van der Waals surface area contributed by atoms with Crippen LogP contribution in [0.2, 0.25) is 0 Å². The summed E-state index contributed by atoms with van der Waals surface area (Å²) < 4.78 is 1.81. The van der Waals surface area contributed by atoms with E-state index in [1.807, 2.05) is 19.3 Å². The van der Waals surface area contributed by atoms with Crippen molar-refractivity contribution < 1.29 is 9.90 Å². The molecule has 0 aromatic carbocycles. The van der Waals surface area contributed by atoms with E-state index in [0.29, 0.717) is 0 Å². The van der Waals surface area contributed by atoms with Gasteiger partial charge in [0.15, 0.2) is 6.09 Å². The summed E-state index contributed by atoms with van der Waals surface area (Å²) in [4.78, 5) is 9.87. The fourth-order valence-corrected chi connectivity index (χ4v) is 0.760. The van der Waals surface area contributed by atoms with E-state index >= 15 is 0 Å². The van der Waals surface area contributed by atoms with E-state index in [0.717, 1.165) is 5.69 Å². The van der Waals surface area contributed by atoms with Crippen molar-refractivity contribution in [1.29, 1.82) is 0 Å². The first-order valence-corrected chi connectivity index (χ1v) is 3.31. The number of aryl methyl sites for hydroxylation is 1. The van der Waals surface area contributed by atoms with Gasteiger partial charge < -0.3 is 14.5 Å². The summed E-state index contributed by atoms with van der Waals surface area (Å²) in [6, 6.07) is 3.64. The third-order valence-electron chi connectivity index (χ3n) is 1.34. The molecular formula is C7H8N3O2-. The summed E-state index contributed by atoms with van der Waals surface area (Å²) in [5, 5.41) is 13.3. The Morgan fingerprint density at radius 2 is 2.58 bits per heavy atom. The van der Waals surface area contributed by atoms with Crippen LogP contribution in [0.1, 0.15) is 5.69 Å². The Kier molecular flexibility index (Phi) is 2.47. The number of rotatable bonds is 2. The number of aromatic nitrogens is 1. The van der Waals surface area contributed by atoms with Gasteiger partial charge in [0, 0.05) is 13.2 Å². The van der Waals surface area contributed by atoms with Crippen LogP contribution in [-0.2, 0) is 7.05 Å². The number of nitrogens with zero attached hydrogens (tertiary/aromatic N) is 2. The van der Waals surface area contributed by atoms with Crippen molar-refractivity contribution in [1.82, 2.24) is 9.99 Å². The first-order valence-electron chi connectivity index (χ1n) is 3.31. The number of amides is 1. The Bertz CT molecular complexity index is 303. The van der Waals surface area contributed by atoms with Crippen LogP contribution in [0.25, 0.3) is 0 Å². The van der Waals surface area contributed by atoms with E-state index in [4.69, 9.17) is 0 Å². The molecule has 0 saturated carbocycles. The summed E-state index contributed by atoms with van der Waals surface area (Å²) in [5.41, 5.74) is 2.58. The maximum Gasteiger partial charge on any atom is 0.155 e. The molecule has 0 aliphatic heterocycles. The lowest BCUT2D eigenvalue weighted by Gasteiger charge is -1.98. The van der Waals surface area contributed by atoms with Crippen LogP contribution in [0.5, 0.6) is 0 Å². The van der Waals surface area contributed by atoms with Gasteiger partial charge in [-0.05, 0) is 12.1 Å². The van der Waals surface area contributed by atoms with Gasteiger partial charge in [0.1, 0.15) is 0 Å². The highest BCUT2D eigenvalue weighted by Gasteiger charge is 1.89. The van der Waals surface area contributed by atoms with Crippen LogP contribution >= 0.6 is 0 Å².